The van der Waals surface area contributed by atoms with Gasteiger partial charge in [-0.3, -0.25) is 9.69 Å². The number of H-pyrrole nitrogens is 2. The smallest absolute Gasteiger partial charge is 0.230 e. The van der Waals surface area contributed by atoms with Crippen LogP contribution < -0.4 is 5.73 Å². The second kappa shape index (κ2) is 9.03. The highest BCUT2D eigenvalue weighted by Gasteiger charge is 2.36. The minimum absolute atomic E-state index is 0.0445. The first-order valence-electron chi connectivity index (χ1n) is 12.1. The summed E-state index contributed by atoms with van der Waals surface area (Å²) in [6.45, 7) is 6.47. The molecule has 1 aliphatic carbocycles. The van der Waals surface area contributed by atoms with E-state index < -0.39 is 0 Å². The van der Waals surface area contributed by atoms with Crippen molar-refractivity contribution >= 4 is 39.1 Å². The highest BCUT2D eigenvalue weighted by Crippen LogP contribution is 2.40. The summed E-state index contributed by atoms with van der Waals surface area (Å²) >= 11 is 0. The van der Waals surface area contributed by atoms with Gasteiger partial charge in [0.25, 0.3) is 0 Å². The maximum Gasteiger partial charge on any atom is 0.230 e. The normalized spacial score (nSPS) is 19.3. The monoisotopic (exact) mass is 455 g/mol. The molecule has 0 saturated heterocycles. The number of hydrogen-bond acceptors (Lipinski definition) is 3. The molecule has 2 aromatic carbocycles. The van der Waals surface area contributed by atoms with E-state index in [1.165, 1.54) is 33.0 Å². The Kier molecular flexibility index (Phi) is 5.92. The van der Waals surface area contributed by atoms with Gasteiger partial charge in [-0.05, 0) is 62.2 Å². The van der Waals surface area contributed by atoms with Gasteiger partial charge < -0.3 is 20.6 Å². The SMILES string of the molecule is CCN(CC)C(=O)[C@@H]1C=C2c3cccc4[nH]cc(c34)C[C@H]2N(C)C1.Nc1cc2ccccc2[nH]1. The summed E-state index contributed by atoms with van der Waals surface area (Å²) in [4.78, 5) is 23.6. The molecule has 0 unspecified atom stereocenters. The Hall–Kier alpha value is -3.51. The number of nitrogens with zero attached hydrogens (tertiary/aromatic N) is 2. The van der Waals surface area contributed by atoms with Crippen molar-refractivity contribution in [3.63, 3.8) is 0 Å². The lowest BCUT2D eigenvalue weighted by atomic mass is 9.79. The Morgan fingerprint density at radius 2 is 1.88 bits per heavy atom. The van der Waals surface area contributed by atoms with E-state index in [2.05, 4.69) is 66.2 Å². The first-order chi connectivity index (χ1) is 16.5. The van der Waals surface area contributed by atoms with Crippen LogP contribution in [-0.4, -0.2) is 58.4 Å². The molecule has 4 aromatic rings. The molecule has 6 nitrogen and oxygen atoms in total. The number of rotatable bonds is 3. The standard InChI is InChI=1S/C20H25N3O.C8H8N2/c1-4-23(5-2)20(24)14-9-16-15-7-6-8-17-19(15)13(11-21-17)10-18(16)22(3)12-14;9-8-5-6-3-1-2-4-7(6)10-8/h6-9,11,14,18,21H,4-5,10,12H2,1-3H3;1-5,10H,9H2/t14-,18-;/m1./s1. The number of aromatic amines is 2. The van der Waals surface area contributed by atoms with Crippen LogP contribution >= 0.6 is 0 Å². The number of nitrogen functional groups attached to an aromatic ring is 1. The average molecular weight is 456 g/mol. The zero-order chi connectivity index (χ0) is 23.8. The maximum atomic E-state index is 12.9. The Balaban J connectivity index is 0.000000200. The number of fused-ring (bicyclic) bond motifs is 3. The van der Waals surface area contributed by atoms with Crippen LogP contribution in [0, 0.1) is 5.92 Å². The average Bonchev–Trinajstić information content (AvgIpc) is 3.44. The summed E-state index contributed by atoms with van der Waals surface area (Å²) in [7, 11) is 2.15. The van der Waals surface area contributed by atoms with E-state index in [0.717, 1.165) is 37.4 Å². The summed E-state index contributed by atoms with van der Waals surface area (Å²) in [5, 5.41) is 2.50. The lowest BCUT2D eigenvalue weighted by Crippen LogP contribution is -2.47. The summed E-state index contributed by atoms with van der Waals surface area (Å²) < 4.78 is 0. The molecule has 34 heavy (non-hydrogen) atoms. The van der Waals surface area contributed by atoms with Crippen molar-refractivity contribution in [2.24, 2.45) is 5.92 Å². The molecular formula is C28H33N5O. The number of benzene rings is 2. The molecule has 0 radical (unpaired) electrons. The van der Waals surface area contributed by atoms with Gasteiger partial charge in [-0.25, -0.2) is 0 Å². The number of amides is 1. The van der Waals surface area contributed by atoms with Gasteiger partial charge in [-0.15, -0.1) is 0 Å². The fraction of sp³-hybridized carbons (Fsp3) is 0.321. The van der Waals surface area contributed by atoms with Crippen LogP contribution in [-0.2, 0) is 11.2 Å². The summed E-state index contributed by atoms with van der Waals surface area (Å²) in [6, 6.07) is 16.8. The molecule has 1 amide bonds. The lowest BCUT2D eigenvalue weighted by molar-refractivity contribution is -0.134. The van der Waals surface area contributed by atoms with Crippen molar-refractivity contribution in [2.45, 2.75) is 26.3 Å². The third-order valence-corrected chi connectivity index (χ3v) is 7.21. The number of carbonyl (C=O) groups is 1. The Morgan fingerprint density at radius 3 is 2.65 bits per heavy atom. The van der Waals surface area contributed by atoms with Gasteiger partial charge in [0, 0.05) is 53.7 Å². The van der Waals surface area contributed by atoms with Gasteiger partial charge in [0.1, 0.15) is 5.82 Å². The first-order valence-corrected chi connectivity index (χ1v) is 12.1. The number of nitrogens with two attached hydrogens (primary N) is 1. The van der Waals surface area contributed by atoms with E-state index in [1.54, 1.807) is 0 Å². The van der Waals surface area contributed by atoms with Crippen LogP contribution in [0.2, 0.25) is 0 Å². The fourth-order valence-electron chi connectivity index (χ4n) is 5.47. The molecule has 176 valence electrons. The van der Waals surface area contributed by atoms with Crippen LogP contribution in [0.4, 0.5) is 5.82 Å². The van der Waals surface area contributed by atoms with Gasteiger partial charge >= 0.3 is 0 Å². The molecule has 0 spiro atoms. The van der Waals surface area contributed by atoms with Gasteiger partial charge in [-0.1, -0.05) is 36.4 Å². The molecule has 2 aliphatic rings. The van der Waals surface area contributed by atoms with Crippen LogP contribution in [0.25, 0.3) is 27.4 Å². The van der Waals surface area contributed by atoms with E-state index in [9.17, 15) is 4.79 Å². The predicted octanol–water partition coefficient (Wildman–Crippen LogP) is 4.66. The highest BCUT2D eigenvalue weighted by molar-refractivity contribution is 5.99. The third kappa shape index (κ3) is 3.88. The molecule has 2 atom stereocenters. The Labute approximate surface area is 200 Å². The quantitative estimate of drug-likeness (QED) is 0.420. The van der Waals surface area contributed by atoms with Crippen molar-refractivity contribution < 1.29 is 4.79 Å². The number of aromatic nitrogens is 2. The minimum Gasteiger partial charge on any atom is -0.385 e. The van der Waals surface area contributed by atoms with E-state index >= 15 is 0 Å². The largest absolute Gasteiger partial charge is 0.385 e. The van der Waals surface area contributed by atoms with Crippen molar-refractivity contribution in [3.05, 3.63) is 71.9 Å². The number of likely N-dealkylation sites (N-methyl/N-ethyl adjacent to an activating group) is 1. The highest BCUT2D eigenvalue weighted by atomic mass is 16.2. The minimum atomic E-state index is -0.0445. The van der Waals surface area contributed by atoms with E-state index in [1.807, 2.05) is 35.2 Å². The molecule has 4 N–H and O–H groups in total. The van der Waals surface area contributed by atoms with Crippen molar-refractivity contribution in [3.8, 4) is 0 Å². The van der Waals surface area contributed by atoms with Crippen LogP contribution in [0.1, 0.15) is 25.0 Å². The first kappa shape index (κ1) is 22.3. The fourth-order valence-corrected chi connectivity index (χ4v) is 5.47. The van der Waals surface area contributed by atoms with Crippen LogP contribution in [0.15, 0.2) is 60.8 Å². The van der Waals surface area contributed by atoms with Gasteiger partial charge in [-0.2, -0.15) is 0 Å². The van der Waals surface area contributed by atoms with Crippen LogP contribution in [0.5, 0.6) is 0 Å². The van der Waals surface area contributed by atoms with Gasteiger partial charge in [0.2, 0.25) is 5.91 Å². The Morgan fingerprint density at radius 1 is 1.12 bits per heavy atom. The van der Waals surface area contributed by atoms with Gasteiger partial charge in [0.05, 0.1) is 5.92 Å². The molecule has 3 heterocycles. The van der Waals surface area contributed by atoms with Crippen LogP contribution in [0.3, 0.4) is 0 Å². The molecule has 0 saturated carbocycles. The third-order valence-electron chi connectivity index (χ3n) is 7.21. The van der Waals surface area contributed by atoms with E-state index in [-0.39, 0.29) is 11.8 Å². The van der Waals surface area contributed by atoms with Crippen molar-refractivity contribution in [1.29, 1.82) is 0 Å². The number of carbonyl (C=O) groups excluding carboxylic acids is 1. The predicted molar refractivity (Wildman–Crippen MR) is 141 cm³/mol. The second-order valence-corrected chi connectivity index (χ2v) is 9.25. The molecule has 1 aliphatic heterocycles. The second-order valence-electron chi connectivity index (χ2n) is 9.25. The van der Waals surface area contributed by atoms with E-state index in [4.69, 9.17) is 5.73 Å². The van der Waals surface area contributed by atoms with Gasteiger partial charge in [0.15, 0.2) is 0 Å². The summed E-state index contributed by atoms with van der Waals surface area (Å²) in [6.07, 6.45) is 5.41. The maximum absolute atomic E-state index is 12.9. The molecule has 2 aromatic heterocycles. The molecule has 6 heteroatoms. The summed E-state index contributed by atoms with van der Waals surface area (Å²) in [5.41, 5.74) is 11.8. The van der Waals surface area contributed by atoms with E-state index in [0.29, 0.717) is 6.04 Å². The zero-order valence-corrected chi connectivity index (χ0v) is 20.1. The number of hydrogen-bond donors (Lipinski definition) is 3. The topological polar surface area (TPSA) is 81.2 Å². The molecule has 6 rings (SSSR count). The molecule has 0 fully saturated rings. The number of anilines is 1. The Bertz CT molecular complexity index is 1330. The molecule has 0 bridgehead atoms. The molecular weight excluding hydrogens is 422 g/mol. The van der Waals surface area contributed by atoms with Crippen molar-refractivity contribution in [1.82, 2.24) is 19.8 Å². The lowest BCUT2D eigenvalue weighted by Gasteiger charge is -2.40. The number of para-hydroxylation sites is 1. The summed E-state index contributed by atoms with van der Waals surface area (Å²) in [5.74, 6) is 0.933. The number of nitrogens with one attached hydrogen (secondary N) is 2. The zero-order valence-electron chi connectivity index (χ0n) is 20.1. The van der Waals surface area contributed by atoms with Crippen molar-refractivity contribution in [2.75, 3.05) is 32.4 Å².